The van der Waals surface area contributed by atoms with Crippen LogP contribution in [0, 0.1) is 16.7 Å². The van der Waals surface area contributed by atoms with E-state index in [9.17, 15) is 10.1 Å². The minimum absolute atomic E-state index is 0.0776. The molecule has 0 amide bonds. The van der Waals surface area contributed by atoms with Gasteiger partial charge in [0, 0.05) is 0 Å². The van der Waals surface area contributed by atoms with Crippen molar-refractivity contribution in [2.24, 2.45) is 5.41 Å². The molecule has 2 rings (SSSR count). The molecule has 1 fully saturated rings. The minimum Gasteiger partial charge on any atom is -0.494 e. The highest BCUT2D eigenvalue weighted by Crippen LogP contribution is 2.41. The third-order valence-electron chi connectivity index (χ3n) is 5.31. The highest BCUT2D eigenvalue weighted by atomic mass is 16.5. The quantitative estimate of drug-likeness (QED) is 0.422. The van der Waals surface area contributed by atoms with Crippen LogP contribution in [-0.2, 0) is 4.74 Å². The van der Waals surface area contributed by atoms with Crippen molar-refractivity contribution in [1.29, 1.82) is 5.26 Å². The van der Waals surface area contributed by atoms with E-state index in [0.717, 1.165) is 44.3 Å². The Morgan fingerprint density at radius 2 is 1.85 bits per heavy atom. The number of esters is 1. The molecule has 1 aliphatic carbocycles. The van der Waals surface area contributed by atoms with Crippen molar-refractivity contribution in [2.75, 3.05) is 6.61 Å². The molecule has 0 aliphatic heterocycles. The van der Waals surface area contributed by atoms with E-state index in [-0.39, 0.29) is 17.5 Å². The van der Waals surface area contributed by atoms with Gasteiger partial charge in [-0.2, -0.15) is 5.26 Å². The first-order valence-electron chi connectivity index (χ1n) is 9.97. The van der Waals surface area contributed by atoms with Crippen LogP contribution in [0.3, 0.4) is 0 Å². The highest BCUT2D eigenvalue weighted by molar-refractivity contribution is 5.89. The third-order valence-corrected chi connectivity index (χ3v) is 5.31. The lowest BCUT2D eigenvalue weighted by molar-refractivity contribution is 0.0105. The van der Waals surface area contributed by atoms with Crippen molar-refractivity contribution in [2.45, 2.75) is 77.7 Å². The fourth-order valence-corrected chi connectivity index (χ4v) is 3.64. The number of unbranched alkanes of at least 4 members (excludes halogenated alkanes) is 3. The Morgan fingerprint density at radius 1 is 1.15 bits per heavy atom. The van der Waals surface area contributed by atoms with Gasteiger partial charge in [0.25, 0.3) is 0 Å². The molecule has 0 saturated heterocycles. The Bertz CT molecular complexity index is 595. The lowest BCUT2D eigenvalue weighted by atomic mass is 9.71. The molecular weight excluding hydrogens is 326 g/mol. The first-order chi connectivity index (χ1) is 12.6. The Kier molecular flexibility index (Phi) is 7.97. The van der Waals surface area contributed by atoms with Crippen LogP contribution in [0.4, 0.5) is 0 Å². The second-order valence-corrected chi connectivity index (χ2v) is 7.26. The van der Waals surface area contributed by atoms with Crippen LogP contribution in [0.25, 0.3) is 0 Å². The van der Waals surface area contributed by atoms with E-state index in [1.54, 1.807) is 24.3 Å². The van der Waals surface area contributed by atoms with E-state index in [2.05, 4.69) is 13.0 Å². The molecule has 0 atom stereocenters. The van der Waals surface area contributed by atoms with Crippen molar-refractivity contribution in [3.05, 3.63) is 29.8 Å². The van der Waals surface area contributed by atoms with E-state index in [0.29, 0.717) is 12.2 Å². The molecule has 26 heavy (non-hydrogen) atoms. The lowest BCUT2D eigenvalue weighted by Crippen LogP contribution is -2.31. The summed E-state index contributed by atoms with van der Waals surface area (Å²) in [5.74, 6) is 0.467. The van der Waals surface area contributed by atoms with Crippen molar-refractivity contribution >= 4 is 5.97 Å². The summed E-state index contributed by atoms with van der Waals surface area (Å²) in [6.45, 7) is 4.73. The molecule has 1 aliphatic rings. The normalized spacial score (nSPS) is 22.4. The first-order valence-corrected chi connectivity index (χ1v) is 9.97. The van der Waals surface area contributed by atoms with Crippen LogP contribution in [0.5, 0.6) is 5.75 Å². The fourth-order valence-electron chi connectivity index (χ4n) is 3.64. The van der Waals surface area contributed by atoms with Crippen LogP contribution in [0.1, 0.15) is 82.0 Å². The summed E-state index contributed by atoms with van der Waals surface area (Å²) in [6, 6.07) is 9.62. The molecule has 0 spiro atoms. The van der Waals surface area contributed by atoms with E-state index >= 15 is 0 Å². The summed E-state index contributed by atoms with van der Waals surface area (Å²) in [6.07, 6.45) is 8.90. The van der Waals surface area contributed by atoms with E-state index in [1.165, 1.54) is 19.3 Å². The smallest absolute Gasteiger partial charge is 0.338 e. The van der Waals surface area contributed by atoms with Gasteiger partial charge in [0.2, 0.25) is 0 Å². The van der Waals surface area contributed by atoms with Crippen molar-refractivity contribution < 1.29 is 14.3 Å². The second-order valence-electron chi connectivity index (χ2n) is 7.26. The number of hydrogen-bond donors (Lipinski definition) is 0. The lowest BCUT2D eigenvalue weighted by Gasteiger charge is -2.34. The van der Waals surface area contributed by atoms with Gasteiger partial charge < -0.3 is 9.47 Å². The van der Waals surface area contributed by atoms with Gasteiger partial charge in [-0.15, -0.1) is 0 Å². The van der Waals surface area contributed by atoms with Gasteiger partial charge in [0.15, 0.2) is 0 Å². The number of carbonyl (C=O) groups is 1. The Morgan fingerprint density at radius 3 is 2.42 bits per heavy atom. The maximum absolute atomic E-state index is 12.3. The van der Waals surface area contributed by atoms with E-state index in [1.807, 2.05) is 6.92 Å². The summed E-state index contributed by atoms with van der Waals surface area (Å²) < 4.78 is 11.1. The number of rotatable bonds is 9. The van der Waals surface area contributed by atoms with Gasteiger partial charge in [-0.25, -0.2) is 4.79 Å². The molecule has 4 heteroatoms. The molecule has 0 radical (unpaired) electrons. The van der Waals surface area contributed by atoms with E-state index < -0.39 is 0 Å². The highest BCUT2D eigenvalue weighted by Gasteiger charge is 2.36. The number of benzene rings is 1. The number of ether oxygens (including phenoxy) is 2. The number of nitriles is 1. The molecule has 142 valence electrons. The predicted octanol–water partition coefficient (Wildman–Crippen LogP) is 5.67. The van der Waals surface area contributed by atoms with Gasteiger partial charge in [-0.3, -0.25) is 0 Å². The zero-order chi connectivity index (χ0) is 18.8. The topological polar surface area (TPSA) is 59.3 Å². The van der Waals surface area contributed by atoms with Crippen molar-refractivity contribution in [3.8, 4) is 11.8 Å². The molecule has 1 aromatic carbocycles. The van der Waals surface area contributed by atoms with Crippen molar-refractivity contribution in [3.63, 3.8) is 0 Å². The maximum atomic E-state index is 12.3. The largest absolute Gasteiger partial charge is 0.494 e. The second kappa shape index (κ2) is 10.2. The van der Waals surface area contributed by atoms with Crippen LogP contribution < -0.4 is 4.74 Å². The molecule has 1 saturated carbocycles. The summed E-state index contributed by atoms with van der Waals surface area (Å²) in [4.78, 5) is 12.3. The van der Waals surface area contributed by atoms with Crippen molar-refractivity contribution in [1.82, 2.24) is 0 Å². The van der Waals surface area contributed by atoms with Crippen LogP contribution in [0.2, 0.25) is 0 Å². The zero-order valence-electron chi connectivity index (χ0n) is 16.1. The Balaban J connectivity index is 1.81. The number of nitrogens with zero attached hydrogens (tertiary/aromatic N) is 1. The average molecular weight is 357 g/mol. The standard InChI is InChI=1S/C22H31NO3/c1-3-5-6-7-14-22(17-23)15-12-20(13-16-22)26-21(24)18-8-10-19(11-9-18)25-4-2/h8-11,20H,3-7,12-16H2,1-2H3/t20-,22+. The summed E-state index contributed by atoms with van der Waals surface area (Å²) >= 11 is 0. The molecule has 0 bridgehead atoms. The number of carbonyl (C=O) groups excluding carboxylic acids is 1. The number of hydrogen-bond acceptors (Lipinski definition) is 4. The summed E-state index contributed by atoms with van der Waals surface area (Å²) in [7, 11) is 0. The molecule has 1 aromatic rings. The average Bonchev–Trinajstić information content (AvgIpc) is 2.67. The molecule has 0 N–H and O–H groups in total. The van der Waals surface area contributed by atoms with Gasteiger partial charge in [0.05, 0.1) is 23.7 Å². The third kappa shape index (κ3) is 5.76. The SMILES string of the molecule is CCCCCC[C@]1(C#N)CC[C@@H](OC(=O)c2ccc(OCC)cc2)CC1. The molecular formula is C22H31NO3. The zero-order valence-corrected chi connectivity index (χ0v) is 16.1. The Labute approximate surface area is 157 Å². The van der Waals surface area contributed by atoms with Gasteiger partial charge >= 0.3 is 5.97 Å². The van der Waals surface area contributed by atoms with Crippen LogP contribution in [-0.4, -0.2) is 18.7 Å². The van der Waals surface area contributed by atoms with Crippen LogP contribution in [0.15, 0.2) is 24.3 Å². The first kappa shape index (κ1) is 20.3. The summed E-state index contributed by atoms with van der Waals surface area (Å²) in [5.41, 5.74) is 0.334. The van der Waals surface area contributed by atoms with Gasteiger partial charge in [0.1, 0.15) is 11.9 Å². The van der Waals surface area contributed by atoms with E-state index in [4.69, 9.17) is 9.47 Å². The molecule has 0 heterocycles. The monoisotopic (exact) mass is 357 g/mol. The fraction of sp³-hybridized carbons (Fsp3) is 0.636. The van der Waals surface area contributed by atoms with Gasteiger partial charge in [-0.1, -0.05) is 32.6 Å². The Hall–Kier alpha value is -2.02. The van der Waals surface area contributed by atoms with Crippen LogP contribution >= 0.6 is 0 Å². The predicted molar refractivity (Wildman–Crippen MR) is 102 cm³/mol. The maximum Gasteiger partial charge on any atom is 0.338 e. The van der Waals surface area contributed by atoms with Gasteiger partial charge in [-0.05, 0) is 63.3 Å². The molecule has 0 aromatic heterocycles. The molecule has 4 nitrogen and oxygen atoms in total. The molecule has 0 unspecified atom stereocenters. The summed E-state index contributed by atoms with van der Waals surface area (Å²) in [5, 5.41) is 9.64. The minimum atomic E-state index is -0.287.